The molecule has 168 valence electrons. The van der Waals surface area contributed by atoms with Crippen LogP contribution in [-0.4, -0.2) is 38.8 Å². The second-order valence-electron chi connectivity index (χ2n) is 7.40. The van der Waals surface area contributed by atoms with Crippen molar-refractivity contribution in [2.45, 2.75) is 30.8 Å². The van der Waals surface area contributed by atoms with Crippen molar-refractivity contribution in [3.63, 3.8) is 0 Å². The van der Waals surface area contributed by atoms with Gasteiger partial charge in [-0.25, -0.2) is 8.42 Å². The average molecular weight is 456 g/mol. The Balaban J connectivity index is 1.74. The third kappa shape index (κ3) is 5.19. The fraction of sp³-hybridized carbons (Fsp3) is 0.381. The summed E-state index contributed by atoms with van der Waals surface area (Å²) in [7, 11) is -2.33. The molecule has 3 rings (SSSR count). The van der Waals surface area contributed by atoms with Crippen molar-refractivity contribution < 1.29 is 31.1 Å². The summed E-state index contributed by atoms with van der Waals surface area (Å²) in [5.41, 5.74) is -0.182. The number of ether oxygens (including phenoxy) is 1. The van der Waals surface area contributed by atoms with Gasteiger partial charge in [0, 0.05) is 18.8 Å². The summed E-state index contributed by atoms with van der Waals surface area (Å²) >= 11 is 0. The van der Waals surface area contributed by atoms with E-state index >= 15 is 0 Å². The van der Waals surface area contributed by atoms with Gasteiger partial charge in [0.05, 0.1) is 23.5 Å². The zero-order chi connectivity index (χ0) is 22.8. The molecule has 1 amide bonds. The second-order valence-corrected chi connectivity index (χ2v) is 9.34. The first kappa shape index (κ1) is 23.1. The number of hydrogen-bond acceptors (Lipinski definition) is 4. The van der Waals surface area contributed by atoms with E-state index in [4.69, 9.17) is 4.74 Å². The number of rotatable bonds is 5. The lowest BCUT2D eigenvalue weighted by Gasteiger charge is -2.31. The Morgan fingerprint density at radius 2 is 1.94 bits per heavy atom. The van der Waals surface area contributed by atoms with Crippen molar-refractivity contribution >= 4 is 21.6 Å². The summed E-state index contributed by atoms with van der Waals surface area (Å²) in [6.45, 7) is 1.96. The summed E-state index contributed by atoms with van der Waals surface area (Å²) < 4.78 is 71.2. The molecular weight excluding hydrogens is 433 g/mol. The molecule has 0 bridgehead atoms. The standard InChI is InChI=1S/C21H23F3N2O4S/c1-14-11-18(8-9-19(14)30-2)31(28,29)26-10-4-5-15(13-26)20(27)25-17-7-3-6-16(12-17)21(22,23)24/h3,6-9,11-12,15H,4-5,10,13H2,1-2H3,(H,25,27). The molecule has 1 unspecified atom stereocenters. The van der Waals surface area contributed by atoms with Crippen molar-refractivity contribution in [2.75, 3.05) is 25.5 Å². The molecule has 1 saturated heterocycles. The first-order valence-electron chi connectivity index (χ1n) is 9.65. The largest absolute Gasteiger partial charge is 0.496 e. The number of amides is 1. The lowest BCUT2D eigenvalue weighted by molar-refractivity contribution is -0.137. The van der Waals surface area contributed by atoms with Crippen LogP contribution in [0.2, 0.25) is 0 Å². The highest BCUT2D eigenvalue weighted by atomic mass is 32.2. The van der Waals surface area contributed by atoms with Crippen LogP contribution < -0.4 is 10.1 Å². The smallest absolute Gasteiger partial charge is 0.416 e. The Morgan fingerprint density at radius 3 is 2.58 bits per heavy atom. The van der Waals surface area contributed by atoms with Gasteiger partial charge in [0.2, 0.25) is 15.9 Å². The molecule has 0 aliphatic carbocycles. The predicted molar refractivity (Wildman–Crippen MR) is 109 cm³/mol. The molecule has 1 aliphatic heterocycles. The molecule has 1 fully saturated rings. The van der Waals surface area contributed by atoms with Crippen LogP contribution in [0.4, 0.5) is 18.9 Å². The minimum Gasteiger partial charge on any atom is -0.496 e. The van der Waals surface area contributed by atoms with E-state index in [-0.39, 0.29) is 23.7 Å². The average Bonchev–Trinajstić information content (AvgIpc) is 2.73. The van der Waals surface area contributed by atoms with E-state index in [2.05, 4.69) is 5.32 Å². The van der Waals surface area contributed by atoms with Crippen LogP contribution in [0.5, 0.6) is 5.75 Å². The van der Waals surface area contributed by atoms with Crippen molar-refractivity contribution in [3.05, 3.63) is 53.6 Å². The molecule has 2 aromatic rings. The SMILES string of the molecule is COc1ccc(S(=O)(=O)N2CCCC(C(=O)Nc3cccc(C(F)(F)F)c3)C2)cc1C. The van der Waals surface area contributed by atoms with Crippen LogP contribution in [-0.2, 0) is 21.0 Å². The fourth-order valence-corrected chi connectivity index (χ4v) is 5.16. The van der Waals surface area contributed by atoms with Gasteiger partial charge >= 0.3 is 6.18 Å². The number of piperidine rings is 1. The molecule has 0 spiro atoms. The molecule has 1 aliphatic rings. The zero-order valence-corrected chi connectivity index (χ0v) is 17.9. The Bertz CT molecular complexity index is 1070. The normalized spacial score (nSPS) is 17.9. The zero-order valence-electron chi connectivity index (χ0n) is 17.1. The molecular formula is C21H23F3N2O4S. The quantitative estimate of drug-likeness (QED) is 0.736. The molecule has 10 heteroatoms. The summed E-state index contributed by atoms with van der Waals surface area (Å²) in [5, 5.41) is 2.48. The minimum atomic E-state index is -4.52. The molecule has 1 N–H and O–H groups in total. The Morgan fingerprint density at radius 1 is 1.19 bits per heavy atom. The van der Waals surface area contributed by atoms with Crippen LogP contribution in [0.1, 0.15) is 24.0 Å². The van der Waals surface area contributed by atoms with E-state index in [1.807, 2.05) is 0 Å². The number of nitrogens with one attached hydrogen (secondary N) is 1. The van der Waals surface area contributed by atoms with Gasteiger partial charge in [-0.1, -0.05) is 6.07 Å². The number of nitrogens with zero attached hydrogens (tertiary/aromatic N) is 1. The molecule has 6 nitrogen and oxygen atoms in total. The van der Waals surface area contributed by atoms with Gasteiger partial charge in [-0.05, 0) is 61.7 Å². The molecule has 2 aromatic carbocycles. The first-order chi connectivity index (χ1) is 14.5. The molecule has 1 atom stereocenters. The lowest BCUT2D eigenvalue weighted by Crippen LogP contribution is -2.43. The maximum atomic E-state index is 13.0. The van der Waals surface area contributed by atoms with Gasteiger partial charge in [-0.3, -0.25) is 4.79 Å². The van der Waals surface area contributed by atoms with Crippen molar-refractivity contribution in [3.8, 4) is 5.75 Å². The first-order valence-corrected chi connectivity index (χ1v) is 11.1. The summed E-state index contributed by atoms with van der Waals surface area (Å²) in [6, 6.07) is 8.89. The number of carbonyl (C=O) groups is 1. The maximum absolute atomic E-state index is 13.0. The predicted octanol–water partition coefficient (Wildman–Crippen LogP) is 4.06. The number of halogens is 3. The number of carbonyl (C=O) groups excluding carboxylic acids is 1. The Kier molecular flexibility index (Phi) is 6.61. The van der Waals surface area contributed by atoms with Crippen LogP contribution in [0, 0.1) is 12.8 Å². The van der Waals surface area contributed by atoms with Crippen LogP contribution >= 0.6 is 0 Å². The maximum Gasteiger partial charge on any atom is 0.416 e. The van der Waals surface area contributed by atoms with Gasteiger partial charge in [0.15, 0.2) is 0 Å². The van der Waals surface area contributed by atoms with E-state index < -0.39 is 33.6 Å². The van der Waals surface area contributed by atoms with Gasteiger partial charge in [-0.15, -0.1) is 0 Å². The monoisotopic (exact) mass is 456 g/mol. The van der Waals surface area contributed by atoms with E-state index in [9.17, 15) is 26.4 Å². The van der Waals surface area contributed by atoms with Gasteiger partial charge in [0.25, 0.3) is 0 Å². The third-order valence-corrected chi connectivity index (χ3v) is 7.08. The number of alkyl halides is 3. The topological polar surface area (TPSA) is 75.7 Å². The highest BCUT2D eigenvalue weighted by Crippen LogP contribution is 2.31. The number of methoxy groups -OCH3 is 1. The van der Waals surface area contributed by atoms with Crippen molar-refractivity contribution in [1.29, 1.82) is 0 Å². The Labute approximate surface area is 179 Å². The van der Waals surface area contributed by atoms with Crippen LogP contribution in [0.3, 0.4) is 0 Å². The van der Waals surface area contributed by atoms with E-state index in [0.29, 0.717) is 24.2 Å². The number of aryl methyl sites for hydroxylation is 1. The summed E-state index contributed by atoms with van der Waals surface area (Å²) in [4.78, 5) is 12.7. The van der Waals surface area contributed by atoms with Crippen LogP contribution in [0.15, 0.2) is 47.4 Å². The third-order valence-electron chi connectivity index (χ3n) is 5.22. The number of hydrogen-bond donors (Lipinski definition) is 1. The van der Waals surface area contributed by atoms with Crippen molar-refractivity contribution in [2.24, 2.45) is 5.92 Å². The molecule has 31 heavy (non-hydrogen) atoms. The van der Waals surface area contributed by atoms with Crippen LogP contribution in [0.25, 0.3) is 0 Å². The second kappa shape index (κ2) is 8.88. The van der Waals surface area contributed by atoms with Gasteiger partial charge in [0.1, 0.15) is 5.75 Å². The van der Waals surface area contributed by atoms with Crippen molar-refractivity contribution in [1.82, 2.24) is 4.31 Å². The lowest BCUT2D eigenvalue weighted by atomic mass is 9.98. The minimum absolute atomic E-state index is 0.0191. The van der Waals surface area contributed by atoms with E-state index in [1.165, 1.54) is 35.7 Å². The highest BCUT2D eigenvalue weighted by molar-refractivity contribution is 7.89. The molecule has 0 aromatic heterocycles. The Hall–Kier alpha value is -2.59. The fourth-order valence-electron chi connectivity index (χ4n) is 3.55. The van der Waals surface area contributed by atoms with Gasteiger partial charge in [-0.2, -0.15) is 17.5 Å². The number of benzene rings is 2. The summed E-state index contributed by atoms with van der Waals surface area (Å²) in [5.74, 6) is -0.613. The summed E-state index contributed by atoms with van der Waals surface area (Å²) in [6.07, 6.45) is -3.61. The molecule has 1 heterocycles. The number of sulfonamides is 1. The van der Waals surface area contributed by atoms with E-state index in [0.717, 1.165) is 12.1 Å². The van der Waals surface area contributed by atoms with E-state index in [1.54, 1.807) is 13.0 Å². The molecule has 0 saturated carbocycles. The highest BCUT2D eigenvalue weighted by Gasteiger charge is 2.34. The number of anilines is 1. The van der Waals surface area contributed by atoms with Gasteiger partial charge < -0.3 is 10.1 Å². The molecule has 0 radical (unpaired) electrons.